The maximum absolute atomic E-state index is 10.5. The van der Waals surface area contributed by atoms with Crippen LogP contribution in [0.2, 0.25) is 0 Å². The normalized spacial score (nSPS) is 13.1. The van der Waals surface area contributed by atoms with Crippen LogP contribution in [0.5, 0.6) is 0 Å². The number of hydrogen-bond acceptors (Lipinski definition) is 19. The summed E-state index contributed by atoms with van der Waals surface area (Å²) in [5.74, 6) is -1.21. The van der Waals surface area contributed by atoms with Crippen molar-refractivity contribution in [1.82, 2.24) is 0 Å². The van der Waals surface area contributed by atoms with Crippen LogP contribution in [-0.2, 0) is 62.5 Å². The highest BCUT2D eigenvalue weighted by atomic mass is 16.7. The molecule has 0 aliphatic carbocycles. The van der Waals surface area contributed by atoms with E-state index in [1.165, 1.54) is 83.5 Å². The first-order valence-corrected chi connectivity index (χ1v) is 19.2. The summed E-state index contributed by atoms with van der Waals surface area (Å²) >= 11 is 0. The van der Waals surface area contributed by atoms with Crippen LogP contribution in [0.3, 0.4) is 0 Å². The molecule has 0 heterocycles. The highest BCUT2D eigenvalue weighted by Crippen LogP contribution is 2.19. The SMILES string of the molecule is CCCCCCCCCCCCCCCCCC(=O)O.NOC(=O)CC(O)(CC(=O)O)C(=O)O.NOC(=O)CC(O)(CC(=O)O)C(=O)O.NOC(=O)CC(O)(CC(=O)O)C(=O)O. The molecule has 0 aliphatic rings. The molecule has 16 N–H and O–H groups in total. The van der Waals surface area contributed by atoms with Crippen LogP contribution in [0.1, 0.15) is 148 Å². The predicted molar refractivity (Wildman–Crippen MR) is 206 cm³/mol. The molecule has 0 aromatic heterocycles. The van der Waals surface area contributed by atoms with E-state index in [2.05, 4.69) is 39.1 Å². The molecular formula is C36H63N3O23. The van der Waals surface area contributed by atoms with Gasteiger partial charge in [-0.15, -0.1) is 0 Å². The zero-order valence-corrected chi connectivity index (χ0v) is 34.6. The molecule has 0 aromatic carbocycles. The van der Waals surface area contributed by atoms with E-state index in [9.17, 15) is 63.3 Å². The average molecular weight is 906 g/mol. The van der Waals surface area contributed by atoms with Gasteiger partial charge in [-0.1, -0.05) is 96.8 Å². The lowest BCUT2D eigenvalue weighted by molar-refractivity contribution is -0.172. The average Bonchev–Trinajstić information content (AvgIpc) is 3.15. The summed E-state index contributed by atoms with van der Waals surface area (Å²) in [7, 11) is 0. The van der Waals surface area contributed by atoms with Crippen molar-refractivity contribution in [2.24, 2.45) is 17.7 Å². The Morgan fingerprint density at radius 1 is 0.355 bits per heavy atom. The Labute approximate surface area is 355 Å². The minimum Gasteiger partial charge on any atom is -0.481 e. The zero-order chi connectivity index (χ0) is 49.0. The maximum Gasteiger partial charge on any atom is 0.336 e. The first kappa shape index (κ1) is 63.1. The van der Waals surface area contributed by atoms with E-state index >= 15 is 0 Å². The molecule has 0 aromatic rings. The molecule has 26 heteroatoms. The van der Waals surface area contributed by atoms with Crippen molar-refractivity contribution in [3.8, 4) is 0 Å². The monoisotopic (exact) mass is 905 g/mol. The standard InChI is InChI=1S/C18H36O2.3C6H9NO7/c1-2-3-4-5-6-7-8-9-10-11-12-13-14-15-16-17-18(19)20;3*7-14-4(10)2-6(13,5(11)12)1-3(8)9/h2-17H2,1H3,(H,19,20);3*13H,1-2,7H2,(H,8,9)(H,11,12). The van der Waals surface area contributed by atoms with Gasteiger partial charge in [0.2, 0.25) is 0 Å². The topological polar surface area (TPSA) is 479 Å². The number of carbonyl (C=O) groups excluding carboxylic acids is 3. The summed E-state index contributed by atoms with van der Waals surface area (Å²) in [6.45, 7) is 2.27. The lowest BCUT2D eigenvalue weighted by atomic mass is 9.96. The second-order valence-corrected chi connectivity index (χ2v) is 13.8. The van der Waals surface area contributed by atoms with Gasteiger partial charge in [-0.05, 0) is 6.42 Å². The van der Waals surface area contributed by atoms with Gasteiger partial charge in [0.15, 0.2) is 16.8 Å². The third kappa shape index (κ3) is 36.3. The van der Waals surface area contributed by atoms with Crippen molar-refractivity contribution >= 4 is 59.7 Å². The van der Waals surface area contributed by atoms with Gasteiger partial charge in [0.1, 0.15) is 0 Å². The summed E-state index contributed by atoms with van der Waals surface area (Å²) in [6, 6.07) is 0. The van der Waals surface area contributed by atoms with E-state index in [-0.39, 0.29) is 0 Å². The van der Waals surface area contributed by atoms with Gasteiger partial charge in [0.25, 0.3) is 0 Å². The van der Waals surface area contributed by atoms with E-state index in [4.69, 9.17) is 35.7 Å². The quantitative estimate of drug-likeness (QED) is 0.0334. The number of nitrogens with two attached hydrogens (primary N) is 3. The minimum absolute atomic E-state index is 0.345. The van der Waals surface area contributed by atoms with Crippen molar-refractivity contribution in [1.29, 1.82) is 0 Å². The van der Waals surface area contributed by atoms with Crippen LogP contribution in [0.25, 0.3) is 0 Å². The molecule has 0 radical (unpaired) electrons. The predicted octanol–water partition coefficient (Wildman–Crippen LogP) is 0.584. The lowest BCUT2D eigenvalue weighted by Crippen LogP contribution is -2.43. The summed E-state index contributed by atoms with van der Waals surface area (Å²) in [4.78, 5) is 115. The Morgan fingerprint density at radius 3 is 0.726 bits per heavy atom. The highest BCUT2D eigenvalue weighted by molar-refractivity contribution is 5.90. The van der Waals surface area contributed by atoms with Gasteiger partial charge in [-0.25, -0.2) is 14.4 Å². The molecule has 26 nitrogen and oxygen atoms in total. The summed E-state index contributed by atoms with van der Waals surface area (Å²) in [6.07, 6.45) is 13.8. The molecule has 62 heavy (non-hydrogen) atoms. The minimum atomic E-state index is -2.69. The second-order valence-electron chi connectivity index (χ2n) is 13.8. The van der Waals surface area contributed by atoms with E-state index in [1.807, 2.05) is 0 Å². The van der Waals surface area contributed by atoms with Crippen molar-refractivity contribution in [2.45, 2.75) is 165 Å². The van der Waals surface area contributed by atoms with Gasteiger partial charge < -0.3 is 65.6 Å². The molecular weight excluding hydrogens is 842 g/mol. The van der Waals surface area contributed by atoms with Gasteiger partial charge in [-0.3, -0.25) is 33.6 Å². The number of unbranched alkanes of at least 4 members (excludes halogenated alkanes) is 14. The smallest absolute Gasteiger partial charge is 0.336 e. The third-order valence-electron chi connectivity index (χ3n) is 8.22. The van der Waals surface area contributed by atoms with Crippen LogP contribution in [0.4, 0.5) is 0 Å². The Hall–Kier alpha value is -5.54. The summed E-state index contributed by atoms with van der Waals surface area (Å²) < 4.78 is 0. The Morgan fingerprint density at radius 2 is 0.565 bits per heavy atom. The Balaban J connectivity index is -0.000000367. The second kappa shape index (κ2) is 36.1. The first-order valence-electron chi connectivity index (χ1n) is 19.2. The molecule has 0 amide bonds. The van der Waals surface area contributed by atoms with Gasteiger partial charge in [-0.2, -0.15) is 17.7 Å². The number of hydrogen-bond donors (Lipinski definition) is 13. The molecule has 0 bridgehead atoms. The van der Waals surface area contributed by atoms with E-state index in [1.54, 1.807) is 0 Å². The number of aliphatic hydroxyl groups is 3. The lowest BCUT2D eigenvalue weighted by Gasteiger charge is -2.19. The number of carboxylic acid groups (broad SMARTS) is 7. The molecule has 3 unspecified atom stereocenters. The van der Waals surface area contributed by atoms with Crippen molar-refractivity contribution in [3.05, 3.63) is 0 Å². The van der Waals surface area contributed by atoms with Gasteiger partial charge in [0, 0.05) is 6.42 Å². The largest absolute Gasteiger partial charge is 0.481 e. The van der Waals surface area contributed by atoms with Gasteiger partial charge in [0.05, 0.1) is 38.5 Å². The molecule has 0 rings (SSSR count). The molecule has 0 aliphatic heterocycles. The molecule has 0 saturated heterocycles. The first-order chi connectivity index (χ1) is 28.7. The number of rotatable bonds is 31. The van der Waals surface area contributed by atoms with Crippen molar-refractivity contribution in [2.75, 3.05) is 0 Å². The van der Waals surface area contributed by atoms with Crippen LogP contribution >= 0.6 is 0 Å². The van der Waals surface area contributed by atoms with Crippen LogP contribution in [-0.4, -0.2) is 128 Å². The Kier molecular flexibility index (Phi) is 36.8. The molecule has 0 fully saturated rings. The van der Waals surface area contributed by atoms with E-state index in [0.29, 0.717) is 6.42 Å². The maximum atomic E-state index is 10.5. The van der Waals surface area contributed by atoms with E-state index in [0.717, 1.165) is 12.8 Å². The number of aliphatic carboxylic acids is 7. The van der Waals surface area contributed by atoms with Crippen molar-refractivity contribution < 1.29 is 114 Å². The van der Waals surface area contributed by atoms with Crippen LogP contribution in [0, 0.1) is 0 Å². The molecule has 0 spiro atoms. The van der Waals surface area contributed by atoms with Crippen molar-refractivity contribution in [3.63, 3.8) is 0 Å². The van der Waals surface area contributed by atoms with Gasteiger partial charge >= 0.3 is 59.7 Å². The fourth-order valence-corrected chi connectivity index (χ4v) is 4.88. The number of carbonyl (C=O) groups is 10. The third-order valence-corrected chi connectivity index (χ3v) is 8.22. The summed E-state index contributed by atoms with van der Waals surface area (Å²) in [5.41, 5.74) is -8.08. The Bertz CT molecular complexity index is 1280. The fraction of sp³-hybridized carbons (Fsp3) is 0.722. The number of carboxylic acids is 7. The highest BCUT2D eigenvalue weighted by Gasteiger charge is 2.43. The fourth-order valence-electron chi connectivity index (χ4n) is 4.88. The molecule has 0 saturated carbocycles. The molecule has 360 valence electrons. The van der Waals surface area contributed by atoms with Crippen LogP contribution < -0.4 is 17.7 Å². The van der Waals surface area contributed by atoms with E-state index < -0.39 is 115 Å². The molecule has 3 atom stereocenters. The zero-order valence-electron chi connectivity index (χ0n) is 34.6. The summed E-state index contributed by atoms with van der Waals surface area (Å²) in [5, 5.41) is 86.4. The van der Waals surface area contributed by atoms with Crippen LogP contribution in [0.15, 0.2) is 0 Å².